The molecule has 3 aromatic rings. The minimum absolute atomic E-state index is 0.0716. The summed E-state index contributed by atoms with van der Waals surface area (Å²) in [6.07, 6.45) is 6.16. The lowest BCUT2D eigenvalue weighted by molar-refractivity contribution is 0.0307. The maximum atomic E-state index is 13.6. The molecule has 0 saturated heterocycles. The molecule has 1 spiro atoms. The third-order valence-electron chi connectivity index (χ3n) is 8.07. The minimum atomic E-state index is -0.522. The first kappa shape index (κ1) is 20.2. The summed E-state index contributed by atoms with van der Waals surface area (Å²) in [6.45, 7) is 0.410. The second kappa shape index (κ2) is 7.15. The van der Waals surface area contributed by atoms with Crippen LogP contribution in [-0.2, 0) is 5.75 Å². The van der Waals surface area contributed by atoms with Crippen LogP contribution < -0.4 is 10.4 Å². The molecule has 3 heterocycles. The highest BCUT2D eigenvalue weighted by atomic mass is 32.2. The van der Waals surface area contributed by atoms with Gasteiger partial charge in [-0.05, 0) is 53.9 Å². The summed E-state index contributed by atoms with van der Waals surface area (Å²) in [5.41, 5.74) is 3.59. The first-order chi connectivity index (χ1) is 16.5. The zero-order chi connectivity index (χ0) is 23.0. The maximum Gasteiger partial charge on any atom is 0.278 e. The number of thioether (sulfide) groups is 1. The molecule has 2 saturated carbocycles. The molecule has 0 radical (unpaired) electrons. The second-order valence-corrected chi connectivity index (χ2v) is 11.1. The summed E-state index contributed by atoms with van der Waals surface area (Å²) in [5.74, 6) is 0.150. The molecule has 2 fully saturated rings. The van der Waals surface area contributed by atoms with Crippen molar-refractivity contribution in [2.24, 2.45) is 5.41 Å². The number of carbonyl (C=O) groups excluding carboxylic acids is 1. The molecule has 172 valence electrons. The van der Waals surface area contributed by atoms with Gasteiger partial charge < -0.3 is 10.0 Å². The van der Waals surface area contributed by atoms with Crippen LogP contribution in [0.4, 0.5) is 0 Å². The normalized spacial score (nSPS) is 22.5. The SMILES string of the molecule is O=C1c2c(O)c(=O)ccn2N([C@H]2c3ccccc3CSc3ccccc32)CN1C1CC2(CC2)C1. The summed E-state index contributed by atoms with van der Waals surface area (Å²) < 4.78 is 1.72. The van der Waals surface area contributed by atoms with Gasteiger partial charge in [0.05, 0.1) is 6.04 Å². The van der Waals surface area contributed by atoms with Crippen molar-refractivity contribution in [3.63, 3.8) is 0 Å². The Morgan fingerprint density at radius 3 is 2.47 bits per heavy atom. The lowest BCUT2D eigenvalue weighted by Crippen LogP contribution is -2.60. The van der Waals surface area contributed by atoms with Crippen LogP contribution in [0, 0.1) is 5.41 Å². The van der Waals surface area contributed by atoms with Gasteiger partial charge in [0.1, 0.15) is 6.67 Å². The standard InChI is InChI=1S/C27H25N3O3S/c31-21-9-12-29-24(25(21)32)26(33)28(18-13-27(14-18)10-11-27)16-30(29)23-19-6-2-1-5-17(19)15-34-22-8-4-3-7-20(22)23/h1-9,12,18,23,32H,10-11,13-16H2/t23-/m0/s1. The number of aromatic hydroxyl groups is 1. The van der Waals surface area contributed by atoms with E-state index < -0.39 is 11.2 Å². The summed E-state index contributed by atoms with van der Waals surface area (Å²) in [7, 11) is 0. The summed E-state index contributed by atoms with van der Waals surface area (Å²) in [4.78, 5) is 29.1. The summed E-state index contributed by atoms with van der Waals surface area (Å²) >= 11 is 1.82. The van der Waals surface area contributed by atoms with Crippen LogP contribution in [0.2, 0.25) is 0 Å². The molecule has 4 aliphatic rings. The van der Waals surface area contributed by atoms with Gasteiger partial charge in [0, 0.05) is 29.0 Å². The molecule has 7 heteroatoms. The van der Waals surface area contributed by atoms with E-state index in [2.05, 4.69) is 53.5 Å². The predicted octanol–water partition coefficient (Wildman–Crippen LogP) is 4.24. The molecule has 1 atom stereocenters. The van der Waals surface area contributed by atoms with Crippen LogP contribution in [0.1, 0.15) is 58.9 Å². The zero-order valence-electron chi connectivity index (χ0n) is 18.7. The fraction of sp³-hybridized carbons (Fsp3) is 0.333. The highest BCUT2D eigenvalue weighted by Crippen LogP contribution is 2.62. The average molecular weight is 472 g/mol. The number of hydrogen-bond acceptors (Lipinski definition) is 5. The number of rotatable bonds is 2. The number of benzene rings is 2. The van der Waals surface area contributed by atoms with Gasteiger partial charge in [-0.25, -0.2) is 0 Å². The number of pyridine rings is 1. The van der Waals surface area contributed by atoms with Crippen molar-refractivity contribution in [1.29, 1.82) is 0 Å². The molecule has 2 aliphatic carbocycles. The number of fused-ring (bicyclic) bond motifs is 3. The van der Waals surface area contributed by atoms with E-state index in [0.717, 1.165) is 18.6 Å². The Morgan fingerprint density at radius 2 is 1.68 bits per heavy atom. The van der Waals surface area contributed by atoms with Crippen molar-refractivity contribution in [1.82, 2.24) is 9.58 Å². The molecule has 1 N–H and O–H groups in total. The smallest absolute Gasteiger partial charge is 0.278 e. The molecule has 2 aromatic carbocycles. The zero-order valence-corrected chi connectivity index (χ0v) is 19.5. The fourth-order valence-corrected chi connectivity index (χ4v) is 7.10. The van der Waals surface area contributed by atoms with Crippen molar-refractivity contribution in [3.05, 3.63) is 93.4 Å². The molecule has 1 aromatic heterocycles. The van der Waals surface area contributed by atoms with Crippen LogP contribution in [0.15, 0.2) is 70.5 Å². The van der Waals surface area contributed by atoms with Crippen LogP contribution in [0.3, 0.4) is 0 Å². The van der Waals surface area contributed by atoms with Gasteiger partial charge in [0.25, 0.3) is 5.91 Å². The quantitative estimate of drug-likeness (QED) is 0.606. The molecule has 7 rings (SSSR count). The third-order valence-corrected chi connectivity index (χ3v) is 9.21. The monoisotopic (exact) mass is 471 g/mol. The Morgan fingerprint density at radius 1 is 0.941 bits per heavy atom. The minimum Gasteiger partial charge on any atom is -0.502 e. The van der Waals surface area contributed by atoms with Gasteiger partial charge in [0.15, 0.2) is 11.4 Å². The third kappa shape index (κ3) is 2.89. The van der Waals surface area contributed by atoms with E-state index in [0.29, 0.717) is 12.1 Å². The Balaban J connectivity index is 1.42. The van der Waals surface area contributed by atoms with E-state index in [1.54, 1.807) is 10.9 Å². The Labute approximate surface area is 201 Å². The molecule has 2 aliphatic heterocycles. The van der Waals surface area contributed by atoms with Gasteiger partial charge in [-0.1, -0.05) is 42.5 Å². The van der Waals surface area contributed by atoms with Crippen molar-refractivity contribution in [3.8, 4) is 5.75 Å². The van der Waals surface area contributed by atoms with Gasteiger partial charge in [0.2, 0.25) is 5.43 Å². The fourth-order valence-electron chi connectivity index (χ4n) is 6.00. The van der Waals surface area contributed by atoms with Gasteiger partial charge in [-0.3, -0.25) is 19.3 Å². The Hall–Kier alpha value is -3.19. The van der Waals surface area contributed by atoms with Crippen LogP contribution in [0.25, 0.3) is 0 Å². The topological polar surface area (TPSA) is 65.8 Å². The van der Waals surface area contributed by atoms with E-state index >= 15 is 0 Å². The van der Waals surface area contributed by atoms with E-state index in [9.17, 15) is 14.7 Å². The molecule has 34 heavy (non-hydrogen) atoms. The van der Waals surface area contributed by atoms with E-state index in [1.807, 2.05) is 16.7 Å². The second-order valence-electron chi connectivity index (χ2n) is 10.1. The summed E-state index contributed by atoms with van der Waals surface area (Å²) in [5, 5.41) is 12.9. The van der Waals surface area contributed by atoms with Gasteiger partial charge in [-0.2, -0.15) is 0 Å². The van der Waals surface area contributed by atoms with Crippen molar-refractivity contribution in [2.75, 3.05) is 11.7 Å². The summed E-state index contributed by atoms with van der Waals surface area (Å²) in [6, 6.07) is 18.2. The van der Waals surface area contributed by atoms with Crippen molar-refractivity contribution in [2.45, 2.75) is 48.4 Å². The lowest BCUT2D eigenvalue weighted by Gasteiger charge is -2.50. The van der Waals surface area contributed by atoms with Crippen LogP contribution >= 0.6 is 11.8 Å². The van der Waals surface area contributed by atoms with Gasteiger partial charge in [-0.15, -0.1) is 11.8 Å². The number of carbonyl (C=O) groups is 1. The molecule has 0 unspecified atom stereocenters. The maximum absolute atomic E-state index is 13.6. The average Bonchev–Trinajstić information content (AvgIpc) is 3.64. The van der Waals surface area contributed by atoms with Crippen molar-refractivity contribution >= 4 is 17.7 Å². The number of amides is 1. The lowest BCUT2D eigenvalue weighted by atomic mass is 9.76. The highest BCUT2D eigenvalue weighted by molar-refractivity contribution is 7.98. The van der Waals surface area contributed by atoms with Crippen LogP contribution in [0.5, 0.6) is 5.75 Å². The van der Waals surface area contributed by atoms with E-state index in [1.165, 1.54) is 40.5 Å². The molecular formula is C27H25N3O3S. The van der Waals surface area contributed by atoms with E-state index in [4.69, 9.17) is 0 Å². The van der Waals surface area contributed by atoms with E-state index in [-0.39, 0.29) is 23.7 Å². The predicted molar refractivity (Wildman–Crippen MR) is 131 cm³/mol. The molecule has 1 amide bonds. The van der Waals surface area contributed by atoms with Crippen LogP contribution in [-0.4, -0.2) is 33.3 Å². The molecule has 6 nitrogen and oxygen atoms in total. The number of hydrogen-bond donors (Lipinski definition) is 1. The highest BCUT2D eigenvalue weighted by Gasteiger charge is 2.56. The number of nitrogens with zero attached hydrogens (tertiary/aromatic N) is 3. The molecular weight excluding hydrogens is 446 g/mol. The Kier molecular flexibility index (Phi) is 4.25. The van der Waals surface area contributed by atoms with Gasteiger partial charge >= 0.3 is 0 Å². The first-order valence-corrected chi connectivity index (χ1v) is 12.9. The Bertz CT molecular complexity index is 1340. The number of aromatic nitrogens is 1. The van der Waals surface area contributed by atoms with Crippen molar-refractivity contribution < 1.29 is 9.90 Å². The molecule has 0 bridgehead atoms. The largest absolute Gasteiger partial charge is 0.502 e. The first-order valence-electron chi connectivity index (χ1n) is 11.9.